The molecule has 0 fully saturated rings. The van der Waals surface area contributed by atoms with Crippen LogP contribution in [-0.4, -0.2) is 35.4 Å². The average Bonchev–Trinajstić information content (AvgIpc) is 2.20. The topological polar surface area (TPSA) is 0 Å². The molecule has 0 bridgehead atoms. The van der Waals surface area contributed by atoms with E-state index in [0.29, 0.717) is 0 Å². The molecule has 0 N–H and O–H groups in total. The quantitative estimate of drug-likeness (QED) is 0.579. The molecule has 0 unspecified atom stereocenters. The van der Waals surface area contributed by atoms with E-state index in [4.69, 9.17) is 0 Å². The molecule has 0 heterocycles. The molecular weight excluding hydrogens is 170 g/mol. The molecule has 0 saturated carbocycles. The summed E-state index contributed by atoms with van der Waals surface area (Å²) < 4.78 is 2.69. The van der Waals surface area contributed by atoms with Crippen LogP contribution in [0.15, 0.2) is 42.5 Å². The Morgan fingerprint density at radius 1 is 0.800 bits per heavy atom. The van der Waals surface area contributed by atoms with Crippen molar-refractivity contribution in [3.05, 3.63) is 48.0 Å². The van der Waals surface area contributed by atoms with Crippen LogP contribution in [0.3, 0.4) is 0 Å². The van der Waals surface area contributed by atoms with Gasteiger partial charge in [0, 0.05) is 0 Å². The summed E-state index contributed by atoms with van der Waals surface area (Å²) in [5.41, 5.74) is 4.01. The molecule has 0 atom stereocenters. The number of aryl methyl sites for hydroxylation is 1. The Labute approximate surface area is 109 Å². The van der Waals surface area contributed by atoms with Gasteiger partial charge < -0.3 is 0 Å². The molecule has 0 spiro atoms. The molecule has 0 aliphatic carbocycles. The molecule has 0 aliphatic heterocycles. The van der Waals surface area contributed by atoms with Gasteiger partial charge in [-0.3, -0.25) is 0 Å². The van der Waals surface area contributed by atoms with Crippen LogP contribution in [-0.2, 0) is 0 Å². The molecule has 0 aliphatic rings. The second-order valence-electron chi connectivity index (χ2n) is 4.13. The Kier molecular flexibility index (Phi) is 3.45. The average molecular weight is 180 g/mol. The van der Waals surface area contributed by atoms with E-state index in [-0.39, 0.29) is 0 Å². The SMILES string of the molecule is [Li][c]1ccccc1-c1ccc(C)c[c]1[Li]. The maximum atomic E-state index is 2.24. The first-order valence-electron chi connectivity index (χ1n) is 5.32. The number of benzene rings is 2. The van der Waals surface area contributed by atoms with E-state index < -0.39 is 0 Å². The third-order valence-electron chi connectivity index (χ3n) is 2.82. The van der Waals surface area contributed by atoms with Gasteiger partial charge in [-0.05, 0) is 0 Å². The predicted molar refractivity (Wildman–Crippen MR) is 67.4 cm³/mol. The third kappa shape index (κ3) is 2.42. The van der Waals surface area contributed by atoms with E-state index in [1.165, 1.54) is 25.2 Å². The summed E-state index contributed by atoms with van der Waals surface area (Å²) in [6, 6.07) is 15.2. The standard InChI is InChI=1S/C13H10.2Li/c1-11-7-9-13(10-8-11)12-5-3-2-4-6-12;;/h2-5,7-9H,1H3;;. The zero-order valence-corrected chi connectivity index (χ0v) is 9.54. The van der Waals surface area contributed by atoms with Crippen molar-refractivity contribution >= 4 is 43.9 Å². The summed E-state index contributed by atoms with van der Waals surface area (Å²) in [7, 11) is 0. The van der Waals surface area contributed by atoms with Gasteiger partial charge in [0.2, 0.25) is 0 Å². The summed E-state index contributed by atoms with van der Waals surface area (Å²) in [4.78, 5) is 0. The van der Waals surface area contributed by atoms with Crippen molar-refractivity contribution < 1.29 is 0 Å². The number of rotatable bonds is 1. The van der Waals surface area contributed by atoms with Gasteiger partial charge in [-0.25, -0.2) is 0 Å². The minimum absolute atomic E-state index is 1.32. The van der Waals surface area contributed by atoms with E-state index in [1.54, 1.807) is 0 Å². The Bertz CT molecular complexity index is 490. The number of hydrogen-bond donors (Lipinski definition) is 0. The van der Waals surface area contributed by atoms with E-state index in [1.807, 2.05) is 0 Å². The second kappa shape index (κ2) is 4.65. The van der Waals surface area contributed by atoms with Crippen LogP contribution in [0.1, 0.15) is 5.56 Å². The summed E-state index contributed by atoms with van der Waals surface area (Å²) in [6.07, 6.45) is 0. The van der Waals surface area contributed by atoms with E-state index >= 15 is 0 Å². The van der Waals surface area contributed by atoms with Crippen molar-refractivity contribution in [2.75, 3.05) is 0 Å². The molecular formula is C13H10Li2. The van der Waals surface area contributed by atoms with Crippen LogP contribution >= 0.6 is 0 Å². The van der Waals surface area contributed by atoms with Crippen molar-refractivity contribution in [3.8, 4) is 11.1 Å². The van der Waals surface area contributed by atoms with Gasteiger partial charge in [0.15, 0.2) is 0 Å². The van der Waals surface area contributed by atoms with Gasteiger partial charge in [-0.2, -0.15) is 0 Å². The summed E-state index contributed by atoms with van der Waals surface area (Å²) in [5, 5.41) is 0. The second-order valence-corrected chi connectivity index (χ2v) is 4.13. The van der Waals surface area contributed by atoms with Crippen LogP contribution < -0.4 is 8.47 Å². The maximum absolute atomic E-state index is 2.24. The van der Waals surface area contributed by atoms with Crippen molar-refractivity contribution in [2.24, 2.45) is 0 Å². The van der Waals surface area contributed by atoms with Crippen molar-refractivity contribution in [1.82, 2.24) is 0 Å². The zero-order valence-electron chi connectivity index (χ0n) is 9.54. The predicted octanol–water partition coefficient (Wildman–Crippen LogP) is 1.25. The molecule has 2 rings (SSSR count). The zero-order chi connectivity index (χ0) is 10.8. The minimum atomic E-state index is 1.32. The van der Waals surface area contributed by atoms with Gasteiger partial charge in [0.25, 0.3) is 0 Å². The van der Waals surface area contributed by atoms with Crippen LogP contribution in [0.5, 0.6) is 0 Å². The summed E-state index contributed by atoms with van der Waals surface area (Å²) in [5.74, 6) is 0. The molecule has 0 amide bonds. The van der Waals surface area contributed by atoms with Crippen molar-refractivity contribution in [1.29, 1.82) is 0 Å². The van der Waals surface area contributed by atoms with Crippen LogP contribution in [0, 0.1) is 6.92 Å². The molecule has 2 aromatic rings. The molecule has 15 heavy (non-hydrogen) atoms. The van der Waals surface area contributed by atoms with Crippen LogP contribution in [0.25, 0.3) is 11.1 Å². The van der Waals surface area contributed by atoms with E-state index in [9.17, 15) is 0 Å². The van der Waals surface area contributed by atoms with Crippen LogP contribution in [0.4, 0.5) is 0 Å². The van der Waals surface area contributed by atoms with Gasteiger partial charge in [-0.1, -0.05) is 0 Å². The van der Waals surface area contributed by atoms with Crippen LogP contribution in [0.2, 0.25) is 0 Å². The Morgan fingerprint density at radius 3 is 2.13 bits per heavy atom. The molecule has 0 radical (unpaired) electrons. The monoisotopic (exact) mass is 180 g/mol. The Morgan fingerprint density at radius 2 is 1.47 bits per heavy atom. The fourth-order valence-corrected chi connectivity index (χ4v) is 1.99. The molecule has 2 heteroatoms. The fraction of sp³-hybridized carbons (Fsp3) is 0.0769. The molecule has 2 aromatic carbocycles. The summed E-state index contributed by atoms with van der Waals surface area (Å²) >= 11 is 4.34. The molecule has 0 aromatic heterocycles. The Hall–Kier alpha value is -0.365. The van der Waals surface area contributed by atoms with Crippen molar-refractivity contribution in [3.63, 3.8) is 0 Å². The molecule has 64 valence electrons. The van der Waals surface area contributed by atoms with E-state index in [0.717, 1.165) is 0 Å². The number of hydrogen-bond acceptors (Lipinski definition) is 0. The summed E-state index contributed by atoms with van der Waals surface area (Å²) in [6.45, 7) is 2.13. The first-order chi connectivity index (χ1) is 7.18. The van der Waals surface area contributed by atoms with Gasteiger partial charge in [0.05, 0.1) is 0 Å². The van der Waals surface area contributed by atoms with Gasteiger partial charge in [0.1, 0.15) is 0 Å². The van der Waals surface area contributed by atoms with Gasteiger partial charge >= 0.3 is 110 Å². The van der Waals surface area contributed by atoms with Crippen molar-refractivity contribution in [2.45, 2.75) is 6.92 Å². The first-order valence-corrected chi connectivity index (χ1v) is 5.32. The van der Waals surface area contributed by atoms with Gasteiger partial charge in [-0.15, -0.1) is 0 Å². The third-order valence-corrected chi connectivity index (χ3v) is 2.82. The first kappa shape index (κ1) is 11.1. The Balaban J connectivity index is 2.60. The van der Waals surface area contributed by atoms with E-state index in [2.05, 4.69) is 84.8 Å². The molecule has 0 saturated heterocycles. The fourth-order valence-electron chi connectivity index (χ4n) is 1.99. The normalized spacial score (nSPS) is 10.5. The molecule has 0 nitrogen and oxygen atoms in total.